The maximum Gasteiger partial charge on any atom is 0.156 e. The number of hydrogen-bond acceptors (Lipinski definition) is 2. The van der Waals surface area contributed by atoms with E-state index < -0.39 is 0 Å². The fourth-order valence-electron chi connectivity index (χ4n) is 5.45. The molecule has 1 saturated carbocycles. The summed E-state index contributed by atoms with van der Waals surface area (Å²) in [4.78, 5) is 15.0. The first-order valence-corrected chi connectivity index (χ1v) is 9.21. The van der Waals surface area contributed by atoms with E-state index in [-0.39, 0.29) is 5.41 Å². The van der Waals surface area contributed by atoms with Crippen molar-refractivity contribution in [2.24, 2.45) is 11.8 Å². The summed E-state index contributed by atoms with van der Waals surface area (Å²) in [6.07, 6.45) is 10.0. The van der Waals surface area contributed by atoms with Crippen LogP contribution in [0.2, 0.25) is 0 Å². The van der Waals surface area contributed by atoms with E-state index >= 15 is 0 Å². The molecule has 1 aromatic rings. The smallest absolute Gasteiger partial charge is 0.156 e. The molecule has 0 radical (unpaired) electrons. The Hall–Kier alpha value is -1.41. The molecule has 1 saturated heterocycles. The topological polar surface area (TPSA) is 20.3 Å². The average Bonchev–Trinajstić information content (AvgIpc) is 3.34. The van der Waals surface area contributed by atoms with Crippen molar-refractivity contribution in [1.29, 1.82) is 0 Å². The van der Waals surface area contributed by atoms with Gasteiger partial charge in [-0.1, -0.05) is 29.8 Å². The van der Waals surface area contributed by atoms with Gasteiger partial charge in [0, 0.05) is 30.3 Å². The molecule has 2 bridgehead atoms. The minimum Gasteiger partial charge on any atom is -0.299 e. The van der Waals surface area contributed by atoms with Gasteiger partial charge in [0.05, 0.1) is 0 Å². The Morgan fingerprint density at radius 2 is 2.17 bits per heavy atom. The number of rotatable bonds is 2. The molecule has 1 aromatic carbocycles. The van der Waals surface area contributed by atoms with Crippen molar-refractivity contribution < 1.29 is 4.79 Å². The van der Waals surface area contributed by atoms with Crippen LogP contribution in [0.4, 0.5) is 0 Å². The highest BCUT2D eigenvalue weighted by molar-refractivity contribution is 5.92. The Morgan fingerprint density at radius 3 is 3.00 bits per heavy atom. The molecule has 0 amide bonds. The van der Waals surface area contributed by atoms with E-state index in [1.54, 1.807) is 0 Å². The van der Waals surface area contributed by atoms with Crippen LogP contribution in [0.15, 0.2) is 30.4 Å². The maximum atomic E-state index is 12.3. The van der Waals surface area contributed by atoms with Gasteiger partial charge in [-0.15, -0.1) is 0 Å². The fourth-order valence-corrected chi connectivity index (χ4v) is 5.45. The number of piperidine rings is 1. The van der Waals surface area contributed by atoms with Crippen LogP contribution in [-0.4, -0.2) is 29.8 Å². The average molecular weight is 307 g/mol. The summed E-state index contributed by atoms with van der Waals surface area (Å²) in [5.41, 5.74) is 4.40. The van der Waals surface area contributed by atoms with Crippen LogP contribution in [0.5, 0.6) is 0 Å². The first kappa shape index (κ1) is 14.0. The second kappa shape index (κ2) is 4.80. The molecule has 3 aliphatic carbocycles. The Kier molecular flexibility index (Phi) is 2.91. The molecule has 2 heteroatoms. The Bertz CT molecular complexity index is 702. The van der Waals surface area contributed by atoms with Gasteiger partial charge >= 0.3 is 0 Å². The van der Waals surface area contributed by atoms with Crippen molar-refractivity contribution in [2.75, 3.05) is 13.1 Å². The van der Waals surface area contributed by atoms with Gasteiger partial charge in [-0.3, -0.25) is 9.69 Å². The molecule has 3 atom stereocenters. The molecule has 4 aliphatic rings. The Morgan fingerprint density at radius 1 is 1.30 bits per heavy atom. The normalized spacial score (nSPS) is 35.8. The zero-order chi connectivity index (χ0) is 15.6. The van der Waals surface area contributed by atoms with Crippen LogP contribution in [-0.2, 0) is 16.6 Å². The number of hydrogen-bond donors (Lipinski definition) is 0. The number of allylic oxidation sites excluding steroid dienone is 1. The van der Waals surface area contributed by atoms with Gasteiger partial charge in [-0.05, 0) is 62.3 Å². The van der Waals surface area contributed by atoms with Gasteiger partial charge in [0.15, 0.2) is 5.78 Å². The molecule has 0 spiro atoms. The lowest BCUT2D eigenvalue weighted by atomic mass is 9.54. The number of ketones is 1. The first-order valence-electron chi connectivity index (χ1n) is 9.21. The summed E-state index contributed by atoms with van der Waals surface area (Å²) >= 11 is 0. The molecular weight excluding hydrogens is 282 g/mol. The predicted molar refractivity (Wildman–Crippen MR) is 91.5 cm³/mol. The molecule has 1 heterocycles. The van der Waals surface area contributed by atoms with Crippen LogP contribution in [0.1, 0.15) is 42.4 Å². The highest BCUT2D eigenvalue weighted by Crippen LogP contribution is 2.53. The predicted octanol–water partition coefficient (Wildman–Crippen LogP) is 3.42. The lowest BCUT2D eigenvalue weighted by molar-refractivity contribution is -0.118. The van der Waals surface area contributed by atoms with E-state index in [1.807, 2.05) is 6.08 Å². The number of carbonyl (C=O) groups excluding carboxylic acids is 1. The lowest BCUT2D eigenvalue weighted by Crippen LogP contribution is -2.61. The van der Waals surface area contributed by atoms with E-state index in [9.17, 15) is 4.79 Å². The third kappa shape index (κ3) is 2.07. The molecule has 1 aliphatic heterocycles. The van der Waals surface area contributed by atoms with Crippen LogP contribution in [0.25, 0.3) is 0 Å². The van der Waals surface area contributed by atoms with E-state index in [0.717, 1.165) is 25.2 Å². The summed E-state index contributed by atoms with van der Waals surface area (Å²) < 4.78 is 0. The van der Waals surface area contributed by atoms with E-state index in [1.165, 1.54) is 42.6 Å². The summed E-state index contributed by atoms with van der Waals surface area (Å²) in [6, 6.07) is 7.56. The number of likely N-dealkylation sites (tertiary alicyclic amines) is 1. The zero-order valence-corrected chi connectivity index (χ0v) is 13.9. The molecular formula is C21H25NO. The van der Waals surface area contributed by atoms with Crippen molar-refractivity contribution >= 4 is 5.78 Å². The van der Waals surface area contributed by atoms with Gasteiger partial charge in [0.25, 0.3) is 0 Å². The molecule has 0 aromatic heterocycles. The number of carbonyl (C=O) groups is 1. The minimum atomic E-state index is 0.0795. The highest BCUT2D eigenvalue weighted by atomic mass is 16.1. The lowest BCUT2D eigenvalue weighted by Gasteiger charge is -2.57. The quantitative estimate of drug-likeness (QED) is 0.834. The SMILES string of the molecule is Cc1ccc2c(c1)[C@]13CCN(CC4CC4)[C@H](C2)[C@@H]1C=CC(=O)C3. The monoisotopic (exact) mass is 307 g/mol. The summed E-state index contributed by atoms with van der Waals surface area (Å²) in [5.74, 6) is 1.79. The Labute approximate surface area is 138 Å². The van der Waals surface area contributed by atoms with Gasteiger partial charge in [-0.2, -0.15) is 0 Å². The van der Waals surface area contributed by atoms with Crippen molar-refractivity contribution in [2.45, 2.75) is 50.5 Å². The number of benzene rings is 1. The number of nitrogens with zero attached hydrogens (tertiary/aromatic N) is 1. The molecule has 2 fully saturated rings. The fraction of sp³-hybridized carbons (Fsp3) is 0.571. The van der Waals surface area contributed by atoms with Crippen LogP contribution < -0.4 is 0 Å². The molecule has 0 N–H and O–H groups in total. The van der Waals surface area contributed by atoms with Crippen LogP contribution in [0.3, 0.4) is 0 Å². The maximum absolute atomic E-state index is 12.3. The van der Waals surface area contributed by atoms with E-state index in [2.05, 4.69) is 36.1 Å². The van der Waals surface area contributed by atoms with Gasteiger partial charge in [-0.25, -0.2) is 0 Å². The second-order valence-corrected chi connectivity index (χ2v) is 8.30. The molecule has 120 valence electrons. The van der Waals surface area contributed by atoms with Crippen molar-refractivity contribution in [3.63, 3.8) is 0 Å². The van der Waals surface area contributed by atoms with Gasteiger partial charge in [0.1, 0.15) is 0 Å². The molecule has 0 unspecified atom stereocenters. The second-order valence-electron chi connectivity index (χ2n) is 8.30. The minimum absolute atomic E-state index is 0.0795. The Balaban J connectivity index is 1.63. The van der Waals surface area contributed by atoms with Crippen molar-refractivity contribution in [3.8, 4) is 0 Å². The highest BCUT2D eigenvalue weighted by Gasteiger charge is 2.54. The number of fused-ring (bicyclic) bond motifs is 1. The van der Waals surface area contributed by atoms with Crippen LogP contribution in [0, 0.1) is 18.8 Å². The molecule has 5 rings (SSSR count). The summed E-state index contributed by atoms with van der Waals surface area (Å²) in [7, 11) is 0. The zero-order valence-electron chi connectivity index (χ0n) is 13.9. The first-order chi connectivity index (χ1) is 11.2. The van der Waals surface area contributed by atoms with Crippen LogP contribution >= 0.6 is 0 Å². The largest absolute Gasteiger partial charge is 0.299 e. The number of aryl methyl sites for hydroxylation is 1. The standard InChI is InChI=1S/C21H25NO/c1-14-2-5-16-11-20-18-7-6-17(23)12-21(18,19(16)10-14)8-9-22(20)13-15-3-4-15/h2,5-7,10,15,18,20H,3-4,8-9,11-13H2,1H3/t18-,20+,21-/m0/s1. The third-order valence-corrected chi connectivity index (χ3v) is 6.77. The molecule has 2 nitrogen and oxygen atoms in total. The van der Waals surface area contributed by atoms with E-state index in [0.29, 0.717) is 17.7 Å². The van der Waals surface area contributed by atoms with Gasteiger partial charge < -0.3 is 0 Å². The van der Waals surface area contributed by atoms with Gasteiger partial charge in [0.2, 0.25) is 0 Å². The summed E-state index contributed by atoms with van der Waals surface area (Å²) in [6.45, 7) is 4.63. The van der Waals surface area contributed by atoms with Crippen molar-refractivity contribution in [1.82, 2.24) is 4.90 Å². The van der Waals surface area contributed by atoms with E-state index in [4.69, 9.17) is 0 Å². The summed E-state index contributed by atoms with van der Waals surface area (Å²) in [5, 5.41) is 0. The van der Waals surface area contributed by atoms with Crippen molar-refractivity contribution in [3.05, 3.63) is 47.0 Å². The molecule has 23 heavy (non-hydrogen) atoms. The third-order valence-electron chi connectivity index (χ3n) is 6.77.